The van der Waals surface area contributed by atoms with Crippen molar-refractivity contribution in [3.63, 3.8) is 0 Å². The summed E-state index contributed by atoms with van der Waals surface area (Å²) >= 11 is 0. The van der Waals surface area contributed by atoms with Gasteiger partial charge in [-0.25, -0.2) is 4.98 Å². The van der Waals surface area contributed by atoms with E-state index in [2.05, 4.69) is 4.98 Å². The fourth-order valence-corrected chi connectivity index (χ4v) is 1.47. The molecular weight excluding hydrogens is 162 g/mol. The second-order valence-electron chi connectivity index (χ2n) is 2.91. The highest BCUT2D eigenvalue weighted by Crippen LogP contribution is 2.21. The zero-order chi connectivity index (χ0) is 9.26. The Morgan fingerprint density at radius 2 is 2.00 bits per heavy atom. The highest BCUT2D eigenvalue weighted by Gasteiger charge is 2.01. The number of benzene rings is 1. The molecule has 2 aromatic rings. The molecule has 4 N–H and O–H groups in total. The van der Waals surface area contributed by atoms with Crippen LogP contribution in [0.25, 0.3) is 10.8 Å². The molecular formula is C10H11N3. The maximum Gasteiger partial charge on any atom is 0.131 e. The lowest BCUT2D eigenvalue weighted by molar-refractivity contribution is 1.09. The maximum atomic E-state index is 5.73. The molecule has 0 bridgehead atoms. The van der Waals surface area contributed by atoms with E-state index in [0.717, 1.165) is 16.3 Å². The van der Waals surface area contributed by atoms with Crippen LogP contribution in [0.3, 0.4) is 0 Å². The minimum Gasteiger partial charge on any atom is -0.383 e. The summed E-state index contributed by atoms with van der Waals surface area (Å²) in [5.41, 5.74) is 12.4. The van der Waals surface area contributed by atoms with E-state index in [1.165, 1.54) is 0 Å². The van der Waals surface area contributed by atoms with Crippen LogP contribution in [0.4, 0.5) is 5.82 Å². The Hall–Kier alpha value is -1.61. The van der Waals surface area contributed by atoms with Crippen LogP contribution in [0.2, 0.25) is 0 Å². The number of nitrogens with two attached hydrogens (primary N) is 2. The van der Waals surface area contributed by atoms with E-state index < -0.39 is 0 Å². The van der Waals surface area contributed by atoms with E-state index in [1.54, 1.807) is 6.20 Å². The molecule has 0 saturated heterocycles. The molecule has 1 heterocycles. The van der Waals surface area contributed by atoms with Crippen molar-refractivity contribution >= 4 is 16.6 Å². The van der Waals surface area contributed by atoms with Crippen LogP contribution in [-0.4, -0.2) is 4.98 Å². The Morgan fingerprint density at radius 3 is 2.77 bits per heavy atom. The van der Waals surface area contributed by atoms with Crippen molar-refractivity contribution in [1.29, 1.82) is 0 Å². The van der Waals surface area contributed by atoms with Crippen LogP contribution in [0.15, 0.2) is 30.5 Å². The smallest absolute Gasteiger partial charge is 0.131 e. The Balaban J connectivity index is 2.84. The molecule has 0 aliphatic carbocycles. The molecule has 0 atom stereocenters. The second-order valence-corrected chi connectivity index (χ2v) is 2.91. The zero-order valence-corrected chi connectivity index (χ0v) is 7.20. The van der Waals surface area contributed by atoms with Gasteiger partial charge in [0, 0.05) is 18.1 Å². The van der Waals surface area contributed by atoms with Crippen LogP contribution in [0.1, 0.15) is 5.56 Å². The monoisotopic (exact) mass is 173 g/mol. The van der Waals surface area contributed by atoms with Gasteiger partial charge >= 0.3 is 0 Å². The molecule has 0 saturated carbocycles. The number of hydrogen-bond donors (Lipinski definition) is 2. The third-order valence-corrected chi connectivity index (χ3v) is 2.15. The number of nitrogens with zero attached hydrogens (tertiary/aromatic N) is 1. The summed E-state index contributed by atoms with van der Waals surface area (Å²) < 4.78 is 0. The molecule has 0 unspecified atom stereocenters. The van der Waals surface area contributed by atoms with Crippen LogP contribution in [0, 0.1) is 0 Å². The van der Waals surface area contributed by atoms with Gasteiger partial charge in [0.2, 0.25) is 0 Å². The first-order chi connectivity index (χ1) is 6.33. The number of pyridine rings is 1. The molecule has 0 fully saturated rings. The molecule has 0 amide bonds. The topological polar surface area (TPSA) is 64.9 Å². The Kier molecular flexibility index (Phi) is 1.87. The predicted molar refractivity (Wildman–Crippen MR) is 54.0 cm³/mol. The SMILES string of the molecule is NCc1cccc2c(N)nccc12. The second kappa shape index (κ2) is 3.03. The van der Waals surface area contributed by atoms with Crippen LogP contribution in [-0.2, 0) is 6.54 Å². The summed E-state index contributed by atoms with van der Waals surface area (Å²) in [5.74, 6) is 0.563. The lowest BCUT2D eigenvalue weighted by atomic mass is 10.1. The summed E-state index contributed by atoms with van der Waals surface area (Å²) in [5, 5.41) is 2.07. The van der Waals surface area contributed by atoms with E-state index in [1.807, 2.05) is 24.3 Å². The quantitative estimate of drug-likeness (QED) is 0.682. The molecule has 1 aromatic carbocycles. The van der Waals surface area contributed by atoms with Gasteiger partial charge in [0.15, 0.2) is 0 Å². The number of nitrogen functional groups attached to an aromatic ring is 1. The minimum absolute atomic E-state index is 0.529. The van der Waals surface area contributed by atoms with Crippen molar-refractivity contribution in [1.82, 2.24) is 4.98 Å². The van der Waals surface area contributed by atoms with E-state index in [9.17, 15) is 0 Å². The average Bonchev–Trinajstić information content (AvgIpc) is 2.18. The van der Waals surface area contributed by atoms with Gasteiger partial charge in [-0.05, 0) is 17.0 Å². The number of hydrogen-bond acceptors (Lipinski definition) is 3. The first-order valence-electron chi connectivity index (χ1n) is 4.15. The van der Waals surface area contributed by atoms with Crippen molar-refractivity contribution in [2.45, 2.75) is 6.54 Å². The normalized spacial score (nSPS) is 10.5. The van der Waals surface area contributed by atoms with E-state index in [0.29, 0.717) is 12.4 Å². The van der Waals surface area contributed by atoms with E-state index in [4.69, 9.17) is 11.5 Å². The average molecular weight is 173 g/mol. The maximum absolute atomic E-state index is 5.73. The minimum atomic E-state index is 0.529. The summed E-state index contributed by atoms with van der Waals surface area (Å²) in [6.45, 7) is 0.529. The van der Waals surface area contributed by atoms with Crippen molar-refractivity contribution < 1.29 is 0 Å². The lowest BCUT2D eigenvalue weighted by Gasteiger charge is -2.04. The fraction of sp³-hybridized carbons (Fsp3) is 0.100. The Morgan fingerprint density at radius 1 is 1.15 bits per heavy atom. The standard InChI is InChI=1S/C10H11N3/c11-6-7-2-1-3-9-8(7)4-5-13-10(9)12/h1-5H,6,11H2,(H2,12,13). The molecule has 66 valence electrons. The van der Waals surface area contributed by atoms with Crippen molar-refractivity contribution in [2.75, 3.05) is 5.73 Å². The largest absolute Gasteiger partial charge is 0.383 e. The zero-order valence-electron chi connectivity index (χ0n) is 7.20. The highest BCUT2D eigenvalue weighted by atomic mass is 14.8. The van der Waals surface area contributed by atoms with Gasteiger partial charge < -0.3 is 11.5 Å². The van der Waals surface area contributed by atoms with Gasteiger partial charge in [0.05, 0.1) is 0 Å². The molecule has 1 aromatic heterocycles. The van der Waals surface area contributed by atoms with Gasteiger partial charge in [0.1, 0.15) is 5.82 Å². The summed E-state index contributed by atoms with van der Waals surface area (Å²) in [7, 11) is 0. The number of aromatic nitrogens is 1. The van der Waals surface area contributed by atoms with Crippen LogP contribution < -0.4 is 11.5 Å². The van der Waals surface area contributed by atoms with Gasteiger partial charge in [0.25, 0.3) is 0 Å². The Bertz CT molecular complexity index is 437. The molecule has 0 aliphatic rings. The highest BCUT2D eigenvalue weighted by molar-refractivity contribution is 5.92. The molecule has 2 rings (SSSR count). The lowest BCUT2D eigenvalue weighted by Crippen LogP contribution is -1.98. The molecule has 0 radical (unpaired) electrons. The van der Waals surface area contributed by atoms with E-state index in [-0.39, 0.29) is 0 Å². The summed E-state index contributed by atoms with van der Waals surface area (Å²) in [6.07, 6.45) is 1.71. The molecule has 3 heteroatoms. The predicted octanol–water partition coefficient (Wildman–Crippen LogP) is 1.28. The Labute approximate surface area is 76.4 Å². The van der Waals surface area contributed by atoms with Gasteiger partial charge in [-0.3, -0.25) is 0 Å². The number of anilines is 1. The third-order valence-electron chi connectivity index (χ3n) is 2.15. The van der Waals surface area contributed by atoms with Crippen molar-refractivity contribution in [3.8, 4) is 0 Å². The van der Waals surface area contributed by atoms with Gasteiger partial charge in [-0.15, -0.1) is 0 Å². The summed E-state index contributed by atoms with van der Waals surface area (Å²) in [6, 6.07) is 7.84. The first kappa shape index (κ1) is 8.01. The van der Waals surface area contributed by atoms with Crippen LogP contribution in [0.5, 0.6) is 0 Å². The van der Waals surface area contributed by atoms with Gasteiger partial charge in [-0.2, -0.15) is 0 Å². The number of fused-ring (bicyclic) bond motifs is 1. The van der Waals surface area contributed by atoms with Gasteiger partial charge in [-0.1, -0.05) is 18.2 Å². The van der Waals surface area contributed by atoms with Crippen LogP contribution >= 0.6 is 0 Å². The number of rotatable bonds is 1. The van der Waals surface area contributed by atoms with Crippen molar-refractivity contribution in [2.24, 2.45) is 5.73 Å². The van der Waals surface area contributed by atoms with E-state index >= 15 is 0 Å². The third kappa shape index (κ3) is 1.23. The summed E-state index contributed by atoms with van der Waals surface area (Å²) in [4.78, 5) is 4.02. The fourth-order valence-electron chi connectivity index (χ4n) is 1.47. The molecule has 13 heavy (non-hydrogen) atoms. The molecule has 0 spiro atoms. The van der Waals surface area contributed by atoms with Crippen molar-refractivity contribution in [3.05, 3.63) is 36.0 Å². The molecule has 0 aliphatic heterocycles. The first-order valence-corrected chi connectivity index (χ1v) is 4.15. The molecule has 3 nitrogen and oxygen atoms in total.